The fourth-order valence-corrected chi connectivity index (χ4v) is 2.77. The smallest absolute Gasteiger partial charge is 0.168 e. The molecule has 0 amide bonds. The average Bonchev–Trinajstić information content (AvgIpc) is 2.80. The van der Waals surface area contributed by atoms with Crippen molar-refractivity contribution in [3.8, 4) is 0 Å². The Hall–Kier alpha value is -1.61. The summed E-state index contributed by atoms with van der Waals surface area (Å²) in [6.07, 6.45) is 1.51. The van der Waals surface area contributed by atoms with E-state index in [1.165, 1.54) is 4.88 Å². The first-order valence-electron chi connectivity index (χ1n) is 6.07. The van der Waals surface area contributed by atoms with Gasteiger partial charge < -0.3 is 5.73 Å². The molecule has 0 atom stereocenters. The first-order valence-corrected chi connectivity index (χ1v) is 6.88. The molecule has 0 bridgehead atoms. The highest BCUT2D eigenvalue weighted by Crippen LogP contribution is 2.20. The molecule has 1 heterocycles. The van der Waals surface area contributed by atoms with Crippen molar-refractivity contribution in [1.29, 1.82) is 0 Å². The minimum Gasteiger partial charge on any atom is -0.399 e. The maximum Gasteiger partial charge on any atom is 0.168 e. The molecule has 1 aromatic carbocycles. The number of benzene rings is 1. The SMILES string of the molecule is CCc1ccc(CC(=O)c2ccc(N)c(C)c2)s1. The standard InChI is InChI=1S/C15H17NOS/c1-3-12-5-6-13(18-12)9-15(17)11-4-7-14(16)10(2)8-11/h4-8H,3,9,16H2,1-2H3. The van der Waals surface area contributed by atoms with Crippen LogP contribution in [-0.2, 0) is 12.8 Å². The first-order chi connectivity index (χ1) is 8.60. The fourth-order valence-electron chi connectivity index (χ4n) is 1.82. The van der Waals surface area contributed by atoms with E-state index in [2.05, 4.69) is 13.0 Å². The maximum atomic E-state index is 12.1. The van der Waals surface area contributed by atoms with E-state index in [1.54, 1.807) is 23.5 Å². The number of Topliss-reactive ketones (excluding diaryl/α,β-unsaturated/α-hetero) is 1. The zero-order chi connectivity index (χ0) is 13.1. The summed E-state index contributed by atoms with van der Waals surface area (Å²) >= 11 is 1.72. The Morgan fingerprint density at radius 3 is 2.56 bits per heavy atom. The third kappa shape index (κ3) is 2.79. The Morgan fingerprint density at radius 1 is 1.22 bits per heavy atom. The van der Waals surface area contributed by atoms with Crippen molar-refractivity contribution in [2.45, 2.75) is 26.7 Å². The summed E-state index contributed by atoms with van der Waals surface area (Å²) in [5.74, 6) is 0.155. The van der Waals surface area contributed by atoms with Gasteiger partial charge in [-0.15, -0.1) is 11.3 Å². The van der Waals surface area contributed by atoms with Crippen molar-refractivity contribution >= 4 is 22.8 Å². The molecule has 3 heteroatoms. The number of rotatable bonds is 4. The molecular weight excluding hydrogens is 242 g/mol. The van der Waals surface area contributed by atoms with Crippen LogP contribution in [0.15, 0.2) is 30.3 Å². The van der Waals surface area contributed by atoms with Crippen molar-refractivity contribution in [1.82, 2.24) is 0 Å². The molecule has 2 N–H and O–H groups in total. The number of nitrogens with two attached hydrogens (primary N) is 1. The molecule has 18 heavy (non-hydrogen) atoms. The number of hydrogen-bond donors (Lipinski definition) is 1. The molecule has 2 rings (SSSR count). The second-order valence-corrected chi connectivity index (χ2v) is 5.65. The van der Waals surface area contributed by atoms with Gasteiger partial charge in [0.2, 0.25) is 0 Å². The minimum atomic E-state index is 0.155. The third-order valence-corrected chi connectivity index (χ3v) is 4.22. The summed E-state index contributed by atoms with van der Waals surface area (Å²) in [4.78, 5) is 14.6. The first kappa shape index (κ1) is 12.8. The number of aryl methyl sites for hydroxylation is 2. The molecular formula is C15H17NOS. The molecule has 0 fully saturated rings. The van der Waals surface area contributed by atoms with Crippen LogP contribution >= 0.6 is 11.3 Å². The largest absolute Gasteiger partial charge is 0.399 e. The summed E-state index contributed by atoms with van der Waals surface area (Å²) < 4.78 is 0. The van der Waals surface area contributed by atoms with Crippen molar-refractivity contribution < 1.29 is 4.79 Å². The lowest BCUT2D eigenvalue weighted by Crippen LogP contribution is -2.03. The van der Waals surface area contributed by atoms with E-state index in [0.29, 0.717) is 6.42 Å². The van der Waals surface area contributed by atoms with Crippen LogP contribution in [0.4, 0.5) is 5.69 Å². The van der Waals surface area contributed by atoms with Gasteiger partial charge in [0.05, 0.1) is 0 Å². The molecule has 1 aromatic heterocycles. The zero-order valence-corrected chi connectivity index (χ0v) is 11.5. The topological polar surface area (TPSA) is 43.1 Å². The lowest BCUT2D eigenvalue weighted by Gasteiger charge is -2.03. The monoisotopic (exact) mass is 259 g/mol. The van der Waals surface area contributed by atoms with Gasteiger partial charge in [-0.05, 0) is 49.2 Å². The number of thiophene rings is 1. The van der Waals surface area contributed by atoms with E-state index in [4.69, 9.17) is 5.73 Å². The molecule has 0 aliphatic carbocycles. The number of nitrogen functional groups attached to an aromatic ring is 1. The average molecular weight is 259 g/mol. The van der Waals surface area contributed by atoms with Gasteiger partial charge in [0.15, 0.2) is 5.78 Å². The quantitative estimate of drug-likeness (QED) is 0.673. The van der Waals surface area contributed by atoms with Crippen molar-refractivity contribution in [2.24, 2.45) is 0 Å². The zero-order valence-electron chi connectivity index (χ0n) is 10.7. The summed E-state index contributed by atoms with van der Waals surface area (Å²) in [5.41, 5.74) is 8.19. The van der Waals surface area contributed by atoms with E-state index in [9.17, 15) is 4.79 Å². The van der Waals surface area contributed by atoms with Crippen LogP contribution in [0.2, 0.25) is 0 Å². The molecule has 0 spiro atoms. The molecule has 0 aliphatic rings. The Morgan fingerprint density at radius 2 is 1.94 bits per heavy atom. The predicted molar refractivity (Wildman–Crippen MR) is 77.3 cm³/mol. The van der Waals surface area contributed by atoms with Crippen LogP contribution in [-0.4, -0.2) is 5.78 Å². The number of anilines is 1. The molecule has 2 nitrogen and oxygen atoms in total. The summed E-state index contributed by atoms with van der Waals surface area (Å²) in [7, 11) is 0. The number of hydrogen-bond acceptors (Lipinski definition) is 3. The molecule has 0 saturated heterocycles. The Labute approximate surface area is 111 Å². The Bertz CT molecular complexity index is 572. The van der Waals surface area contributed by atoms with Crippen LogP contribution in [0, 0.1) is 6.92 Å². The lowest BCUT2D eigenvalue weighted by atomic mass is 10.0. The molecule has 0 saturated carbocycles. The van der Waals surface area contributed by atoms with Crippen molar-refractivity contribution in [3.63, 3.8) is 0 Å². The molecule has 2 aromatic rings. The van der Waals surface area contributed by atoms with E-state index >= 15 is 0 Å². The van der Waals surface area contributed by atoms with Gasteiger partial charge in [-0.25, -0.2) is 0 Å². The Kier molecular flexibility index (Phi) is 3.82. The molecule has 0 radical (unpaired) electrons. The second kappa shape index (κ2) is 5.36. The van der Waals surface area contributed by atoms with Gasteiger partial charge in [0, 0.05) is 27.4 Å². The maximum absolute atomic E-state index is 12.1. The van der Waals surface area contributed by atoms with Crippen molar-refractivity contribution in [2.75, 3.05) is 5.73 Å². The molecule has 0 unspecified atom stereocenters. The van der Waals surface area contributed by atoms with Crippen LogP contribution in [0.3, 0.4) is 0 Å². The van der Waals surface area contributed by atoms with Gasteiger partial charge in [-0.3, -0.25) is 4.79 Å². The number of carbonyl (C=O) groups excluding carboxylic acids is 1. The third-order valence-electron chi connectivity index (χ3n) is 2.99. The van der Waals surface area contributed by atoms with Gasteiger partial charge in [-0.2, -0.15) is 0 Å². The van der Waals surface area contributed by atoms with Gasteiger partial charge in [0.25, 0.3) is 0 Å². The van der Waals surface area contributed by atoms with E-state index in [-0.39, 0.29) is 5.78 Å². The summed E-state index contributed by atoms with van der Waals surface area (Å²) in [6.45, 7) is 4.05. The van der Waals surface area contributed by atoms with Crippen LogP contribution in [0.5, 0.6) is 0 Å². The van der Waals surface area contributed by atoms with Crippen LogP contribution in [0.1, 0.15) is 32.6 Å². The van der Waals surface area contributed by atoms with Gasteiger partial charge in [0.1, 0.15) is 0 Å². The minimum absolute atomic E-state index is 0.155. The van der Waals surface area contributed by atoms with E-state index in [0.717, 1.165) is 28.1 Å². The molecule has 0 aliphatic heterocycles. The van der Waals surface area contributed by atoms with E-state index < -0.39 is 0 Å². The highest BCUT2D eigenvalue weighted by atomic mass is 32.1. The lowest BCUT2D eigenvalue weighted by molar-refractivity contribution is 0.0994. The Balaban J connectivity index is 2.14. The van der Waals surface area contributed by atoms with Crippen LogP contribution in [0.25, 0.3) is 0 Å². The summed E-state index contributed by atoms with van der Waals surface area (Å²) in [6, 6.07) is 9.62. The summed E-state index contributed by atoms with van der Waals surface area (Å²) in [5, 5.41) is 0. The number of ketones is 1. The van der Waals surface area contributed by atoms with Gasteiger partial charge >= 0.3 is 0 Å². The van der Waals surface area contributed by atoms with Crippen molar-refractivity contribution in [3.05, 3.63) is 51.2 Å². The van der Waals surface area contributed by atoms with E-state index in [1.807, 2.05) is 19.1 Å². The molecule has 94 valence electrons. The van der Waals surface area contributed by atoms with Crippen LogP contribution < -0.4 is 5.73 Å². The highest BCUT2D eigenvalue weighted by molar-refractivity contribution is 7.12. The van der Waals surface area contributed by atoms with Gasteiger partial charge in [-0.1, -0.05) is 6.92 Å². The second-order valence-electron chi connectivity index (χ2n) is 4.39. The predicted octanol–water partition coefficient (Wildman–Crippen LogP) is 3.63. The number of carbonyl (C=O) groups is 1. The highest BCUT2D eigenvalue weighted by Gasteiger charge is 2.09. The fraction of sp³-hybridized carbons (Fsp3) is 0.267. The normalized spacial score (nSPS) is 10.6.